The Kier molecular flexibility index (Phi) is 4.30. The normalized spacial score (nSPS) is 13.7. The number of rotatable bonds is 4. The van der Waals surface area contributed by atoms with Crippen molar-refractivity contribution in [3.8, 4) is 0 Å². The molecule has 0 aliphatic carbocycles. The molecule has 0 spiro atoms. The SMILES string of the molecule is Cc1cc(C)c(C(O)CNS(C)(=O)=O)c(C)c1. The van der Waals surface area contributed by atoms with E-state index in [0.717, 1.165) is 28.5 Å². The molecule has 0 aliphatic rings. The monoisotopic (exact) mass is 257 g/mol. The summed E-state index contributed by atoms with van der Waals surface area (Å²) in [7, 11) is -3.27. The molecule has 2 N–H and O–H groups in total. The van der Waals surface area contributed by atoms with Crippen molar-refractivity contribution in [2.45, 2.75) is 26.9 Å². The Morgan fingerprint density at radius 2 is 1.71 bits per heavy atom. The summed E-state index contributed by atoms with van der Waals surface area (Å²) >= 11 is 0. The summed E-state index contributed by atoms with van der Waals surface area (Å²) in [5, 5.41) is 10.0. The number of aliphatic hydroxyl groups is 1. The fourth-order valence-electron chi connectivity index (χ4n) is 2.05. The number of sulfonamides is 1. The van der Waals surface area contributed by atoms with Crippen molar-refractivity contribution in [1.82, 2.24) is 4.72 Å². The van der Waals surface area contributed by atoms with E-state index in [4.69, 9.17) is 0 Å². The highest BCUT2D eigenvalue weighted by Crippen LogP contribution is 2.23. The van der Waals surface area contributed by atoms with Gasteiger partial charge in [-0.05, 0) is 37.5 Å². The van der Waals surface area contributed by atoms with Gasteiger partial charge in [0.1, 0.15) is 0 Å². The molecule has 4 nitrogen and oxygen atoms in total. The zero-order valence-corrected chi connectivity index (χ0v) is 11.4. The van der Waals surface area contributed by atoms with Gasteiger partial charge in [0.05, 0.1) is 12.4 Å². The lowest BCUT2D eigenvalue weighted by Gasteiger charge is -2.17. The van der Waals surface area contributed by atoms with Crippen LogP contribution in [0.3, 0.4) is 0 Å². The molecule has 0 saturated heterocycles. The van der Waals surface area contributed by atoms with E-state index < -0.39 is 16.1 Å². The first kappa shape index (κ1) is 14.2. The second-order valence-electron chi connectivity index (χ2n) is 4.45. The van der Waals surface area contributed by atoms with Crippen LogP contribution in [0.2, 0.25) is 0 Å². The number of aryl methyl sites for hydroxylation is 3. The summed E-state index contributed by atoms with van der Waals surface area (Å²) in [6, 6.07) is 3.96. The average Bonchev–Trinajstić information content (AvgIpc) is 2.11. The van der Waals surface area contributed by atoms with Crippen molar-refractivity contribution in [2.24, 2.45) is 0 Å². The molecule has 0 amide bonds. The summed E-state index contributed by atoms with van der Waals surface area (Å²) in [5.74, 6) is 0. The summed E-state index contributed by atoms with van der Waals surface area (Å²) in [6.45, 7) is 5.83. The molecular weight excluding hydrogens is 238 g/mol. The standard InChI is InChI=1S/C12H19NO3S/c1-8-5-9(2)12(10(3)6-8)11(14)7-13-17(4,15)16/h5-6,11,13-14H,7H2,1-4H3. The summed E-state index contributed by atoms with van der Waals surface area (Å²) in [6.07, 6.45) is 0.263. The predicted molar refractivity (Wildman–Crippen MR) is 68.5 cm³/mol. The van der Waals surface area contributed by atoms with Gasteiger partial charge in [-0.15, -0.1) is 0 Å². The van der Waals surface area contributed by atoms with Crippen molar-refractivity contribution in [3.63, 3.8) is 0 Å². The first-order valence-electron chi connectivity index (χ1n) is 5.41. The largest absolute Gasteiger partial charge is 0.387 e. The van der Waals surface area contributed by atoms with Crippen molar-refractivity contribution in [3.05, 3.63) is 34.4 Å². The van der Waals surface area contributed by atoms with Gasteiger partial charge in [-0.1, -0.05) is 17.7 Å². The van der Waals surface area contributed by atoms with Gasteiger partial charge >= 0.3 is 0 Å². The van der Waals surface area contributed by atoms with Crippen LogP contribution in [0, 0.1) is 20.8 Å². The van der Waals surface area contributed by atoms with E-state index in [1.165, 1.54) is 0 Å². The van der Waals surface area contributed by atoms with Gasteiger partial charge in [-0.2, -0.15) is 0 Å². The van der Waals surface area contributed by atoms with Crippen LogP contribution >= 0.6 is 0 Å². The van der Waals surface area contributed by atoms with Crippen LogP contribution in [0.15, 0.2) is 12.1 Å². The number of hydrogen-bond acceptors (Lipinski definition) is 3. The lowest BCUT2D eigenvalue weighted by molar-refractivity contribution is 0.180. The Morgan fingerprint density at radius 1 is 1.24 bits per heavy atom. The minimum absolute atomic E-state index is 0.00355. The molecule has 17 heavy (non-hydrogen) atoms. The average molecular weight is 257 g/mol. The second-order valence-corrected chi connectivity index (χ2v) is 6.28. The topological polar surface area (TPSA) is 66.4 Å². The fraction of sp³-hybridized carbons (Fsp3) is 0.500. The van der Waals surface area contributed by atoms with Gasteiger partial charge < -0.3 is 5.11 Å². The van der Waals surface area contributed by atoms with E-state index in [0.29, 0.717) is 0 Å². The van der Waals surface area contributed by atoms with Gasteiger partial charge in [-0.25, -0.2) is 13.1 Å². The van der Waals surface area contributed by atoms with Crippen molar-refractivity contribution >= 4 is 10.0 Å². The van der Waals surface area contributed by atoms with Gasteiger partial charge in [0.2, 0.25) is 10.0 Å². The van der Waals surface area contributed by atoms with Gasteiger partial charge in [0, 0.05) is 6.54 Å². The van der Waals surface area contributed by atoms with E-state index in [1.54, 1.807) is 0 Å². The van der Waals surface area contributed by atoms with E-state index >= 15 is 0 Å². The van der Waals surface area contributed by atoms with Gasteiger partial charge in [0.15, 0.2) is 0 Å². The molecule has 0 aliphatic heterocycles. The molecule has 5 heteroatoms. The van der Waals surface area contributed by atoms with Crippen LogP contribution in [-0.2, 0) is 10.0 Å². The quantitative estimate of drug-likeness (QED) is 0.851. The Hall–Kier alpha value is -0.910. The minimum Gasteiger partial charge on any atom is -0.387 e. The Morgan fingerprint density at radius 3 is 2.12 bits per heavy atom. The maximum absolute atomic E-state index is 11.0. The third-order valence-electron chi connectivity index (χ3n) is 2.61. The van der Waals surface area contributed by atoms with E-state index in [2.05, 4.69) is 4.72 Å². The van der Waals surface area contributed by atoms with Gasteiger partial charge in [-0.3, -0.25) is 0 Å². The van der Waals surface area contributed by atoms with E-state index in [-0.39, 0.29) is 6.54 Å². The summed E-state index contributed by atoms with van der Waals surface area (Å²) in [4.78, 5) is 0. The molecule has 1 unspecified atom stereocenters. The third kappa shape index (κ3) is 4.11. The van der Waals surface area contributed by atoms with E-state index in [1.807, 2.05) is 32.9 Å². The first-order chi connectivity index (χ1) is 7.70. The summed E-state index contributed by atoms with van der Waals surface area (Å²) < 4.78 is 24.2. The molecule has 1 aromatic carbocycles. The van der Waals surface area contributed by atoms with Crippen LogP contribution in [0.1, 0.15) is 28.4 Å². The first-order valence-corrected chi connectivity index (χ1v) is 7.30. The number of aliphatic hydroxyl groups excluding tert-OH is 1. The Bertz CT molecular complexity index is 485. The molecule has 1 rings (SSSR count). The molecule has 1 atom stereocenters. The fourth-order valence-corrected chi connectivity index (χ4v) is 2.51. The maximum atomic E-state index is 11.0. The van der Waals surface area contributed by atoms with Gasteiger partial charge in [0.25, 0.3) is 0 Å². The molecule has 0 radical (unpaired) electrons. The van der Waals surface area contributed by atoms with Crippen LogP contribution in [0.4, 0.5) is 0 Å². The molecular formula is C12H19NO3S. The number of nitrogens with one attached hydrogen (secondary N) is 1. The molecule has 0 heterocycles. The molecule has 0 saturated carbocycles. The Balaban J connectivity index is 2.93. The minimum atomic E-state index is -3.27. The molecule has 0 fully saturated rings. The molecule has 1 aromatic rings. The van der Waals surface area contributed by atoms with Crippen LogP contribution in [-0.4, -0.2) is 26.3 Å². The number of benzene rings is 1. The van der Waals surface area contributed by atoms with Crippen molar-refractivity contribution < 1.29 is 13.5 Å². The molecule has 96 valence electrons. The van der Waals surface area contributed by atoms with Crippen LogP contribution < -0.4 is 4.72 Å². The lowest BCUT2D eigenvalue weighted by atomic mass is 9.96. The smallest absolute Gasteiger partial charge is 0.208 e. The van der Waals surface area contributed by atoms with E-state index in [9.17, 15) is 13.5 Å². The maximum Gasteiger partial charge on any atom is 0.208 e. The highest BCUT2D eigenvalue weighted by Gasteiger charge is 2.15. The van der Waals surface area contributed by atoms with Crippen molar-refractivity contribution in [1.29, 1.82) is 0 Å². The Labute approximate surface area is 103 Å². The third-order valence-corrected chi connectivity index (χ3v) is 3.30. The van der Waals surface area contributed by atoms with Crippen LogP contribution in [0.5, 0.6) is 0 Å². The highest BCUT2D eigenvalue weighted by molar-refractivity contribution is 7.88. The van der Waals surface area contributed by atoms with Crippen molar-refractivity contribution in [2.75, 3.05) is 12.8 Å². The lowest BCUT2D eigenvalue weighted by Crippen LogP contribution is -2.27. The zero-order valence-electron chi connectivity index (χ0n) is 10.6. The zero-order chi connectivity index (χ0) is 13.2. The highest BCUT2D eigenvalue weighted by atomic mass is 32.2. The molecule has 0 aromatic heterocycles. The van der Waals surface area contributed by atoms with Crippen LogP contribution in [0.25, 0.3) is 0 Å². The number of hydrogen-bond donors (Lipinski definition) is 2. The molecule has 0 bridgehead atoms. The predicted octanol–water partition coefficient (Wildman–Crippen LogP) is 1.19. The summed E-state index contributed by atoms with van der Waals surface area (Å²) in [5.41, 5.74) is 3.88. The second kappa shape index (κ2) is 5.16.